The van der Waals surface area contributed by atoms with Gasteiger partial charge in [0.05, 0.1) is 5.25 Å². The Morgan fingerprint density at radius 1 is 1.24 bits per heavy atom. The van der Waals surface area contributed by atoms with Gasteiger partial charge < -0.3 is 9.47 Å². The van der Waals surface area contributed by atoms with Crippen molar-refractivity contribution in [1.29, 1.82) is 0 Å². The van der Waals surface area contributed by atoms with Gasteiger partial charge in [0, 0.05) is 6.08 Å². The van der Waals surface area contributed by atoms with Gasteiger partial charge >= 0.3 is 11.9 Å². The van der Waals surface area contributed by atoms with Crippen molar-refractivity contribution < 1.29 is 27.5 Å². The second kappa shape index (κ2) is 7.05. The largest absolute Gasteiger partial charge is 0.461 e. The van der Waals surface area contributed by atoms with Crippen molar-refractivity contribution in [2.24, 2.45) is 0 Å². The van der Waals surface area contributed by atoms with Crippen LogP contribution in [0.5, 0.6) is 0 Å². The quantitative estimate of drug-likeness (QED) is 0.368. The summed E-state index contributed by atoms with van der Waals surface area (Å²) in [7, 11) is -3.45. The SMILES string of the molecule is C=CC(=O)OCCOC(=O)CS(=O)(=O)C(C)C. The van der Waals surface area contributed by atoms with Crippen molar-refractivity contribution in [3.8, 4) is 0 Å². The molecule has 0 aliphatic carbocycles. The minimum atomic E-state index is -3.45. The fourth-order valence-electron chi connectivity index (χ4n) is 0.729. The zero-order chi connectivity index (χ0) is 13.5. The Kier molecular flexibility index (Phi) is 6.48. The topological polar surface area (TPSA) is 86.7 Å². The Hall–Kier alpha value is -1.37. The van der Waals surface area contributed by atoms with Crippen LogP contribution in [-0.2, 0) is 28.9 Å². The van der Waals surface area contributed by atoms with Crippen molar-refractivity contribution in [2.75, 3.05) is 19.0 Å². The number of carbonyl (C=O) groups excluding carboxylic acids is 2. The number of sulfone groups is 1. The Morgan fingerprint density at radius 3 is 2.24 bits per heavy atom. The minimum absolute atomic E-state index is 0.127. The summed E-state index contributed by atoms with van der Waals surface area (Å²) in [6, 6.07) is 0. The van der Waals surface area contributed by atoms with Crippen LogP contribution in [0, 0.1) is 0 Å². The van der Waals surface area contributed by atoms with Crippen LogP contribution >= 0.6 is 0 Å². The summed E-state index contributed by atoms with van der Waals surface area (Å²) in [5, 5.41) is -0.631. The van der Waals surface area contributed by atoms with Gasteiger partial charge in [-0.3, -0.25) is 4.79 Å². The number of rotatable bonds is 7. The molecule has 0 aromatic heterocycles. The first-order valence-electron chi connectivity index (χ1n) is 4.96. The molecule has 0 rings (SSSR count). The molecule has 0 aromatic rings. The lowest BCUT2D eigenvalue weighted by Crippen LogP contribution is -2.26. The molecule has 0 bridgehead atoms. The predicted octanol–water partition coefficient (Wildman–Crippen LogP) is 0.0820. The maximum Gasteiger partial charge on any atom is 0.330 e. The lowest BCUT2D eigenvalue weighted by Gasteiger charge is -2.08. The summed E-state index contributed by atoms with van der Waals surface area (Å²) in [6.45, 7) is 5.84. The van der Waals surface area contributed by atoms with E-state index in [1.54, 1.807) is 0 Å². The second-order valence-electron chi connectivity index (χ2n) is 3.45. The lowest BCUT2D eigenvalue weighted by atomic mass is 10.6. The Labute approximate surface area is 101 Å². The van der Waals surface area contributed by atoms with Gasteiger partial charge in [-0.25, -0.2) is 13.2 Å². The molecule has 0 radical (unpaired) electrons. The lowest BCUT2D eigenvalue weighted by molar-refractivity contribution is -0.147. The van der Waals surface area contributed by atoms with Crippen LogP contribution in [0.15, 0.2) is 12.7 Å². The van der Waals surface area contributed by atoms with Gasteiger partial charge in [-0.05, 0) is 13.8 Å². The summed E-state index contributed by atoms with van der Waals surface area (Å²) >= 11 is 0. The van der Waals surface area contributed by atoms with Gasteiger partial charge in [-0.15, -0.1) is 0 Å². The molecule has 0 aromatic carbocycles. The van der Waals surface area contributed by atoms with Gasteiger partial charge in [0.2, 0.25) is 0 Å². The molecule has 17 heavy (non-hydrogen) atoms. The molecule has 0 aliphatic rings. The molecule has 0 amide bonds. The van der Waals surface area contributed by atoms with E-state index in [0.29, 0.717) is 0 Å². The minimum Gasteiger partial charge on any atom is -0.461 e. The van der Waals surface area contributed by atoms with Crippen LogP contribution < -0.4 is 0 Å². The smallest absolute Gasteiger partial charge is 0.330 e. The van der Waals surface area contributed by atoms with E-state index in [9.17, 15) is 18.0 Å². The molecule has 0 atom stereocenters. The summed E-state index contributed by atoms with van der Waals surface area (Å²) in [5.41, 5.74) is 0. The molecule has 0 saturated carbocycles. The maximum absolute atomic E-state index is 11.3. The van der Waals surface area contributed by atoms with Crippen LogP contribution in [-0.4, -0.2) is 44.6 Å². The van der Waals surface area contributed by atoms with Crippen LogP contribution in [0.3, 0.4) is 0 Å². The van der Waals surface area contributed by atoms with Crippen molar-refractivity contribution in [3.05, 3.63) is 12.7 Å². The molecular formula is C10H16O6S. The highest BCUT2D eigenvalue weighted by Crippen LogP contribution is 2.01. The highest BCUT2D eigenvalue weighted by Gasteiger charge is 2.21. The third kappa shape index (κ3) is 6.72. The highest BCUT2D eigenvalue weighted by molar-refractivity contribution is 7.92. The standard InChI is InChI=1S/C10H16O6S/c1-4-9(11)15-5-6-16-10(12)7-17(13,14)8(2)3/h4,8H,1,5-7H2,2-3H3. The average molecular weight is 264 g/mol. The normalized spacial score (nSPS) is 11.0. The van der Waals surface area contributed by atoms with Crippen LogP contribution in [0.2, 0.25) is 0 Å². The van der Waals surface area contributed by atoms with Crippen molar-refractivity contribution in [3.63, 3.8) is 0 Å². The molecule has 0 N–H and O–H groups in total. The zero-order valence-electron chi connectivity index (χ0n) is 9.84. The van der Waals surface area contributed by atoms with Gasteiger partial charge in [-0.1, -0.05) is 6.58 Å². The molecular weight excluding hydrogens is 248 g/mol. The Morgan fingerprint density at radius 2 is 1.76 bits per heavy atom. The molecule has 98 valence electrons. The van der Waals surface area contributed by atoms with E-state index in [4.69, 9.17) is 0 Å². The van der Waals surface area contributed by atoms with E-state index in [-0.39, 0.29) is 13.2 Å². The molecule has 0 fully saturated rings. The van der Waals surface area contributed by atoms with Crippen molar-refractivity contribution in [1.82, 2.24) is 0 Å². The maximum atomic E-state index is 11.3. The molecule has 0 unspecified atom stereocenters. The fourth-order valence-corrected chi connectivity index (χ4v) is 1.47. The summed E-state index contributed by atoms with van der Waals surface area (Å²) < 4.78 is 31.8. The van der Waals surface area contributed by atoms with Gasteiger partial charge in [0.25, 0.3) is 0 Å². The molecule has 0 spiro atoms. The summed E-state index contributed by atoms with van der Waals surface area (Å²) in [6.07, 6.45) is 0.977. The third-order valence-electron chi connectivity index (χ3n) is 1.79. The number of ether oxygens (including phenoxy) is 2. The van der Waals surface area contributed by atoms with Crippen LogP contribution in [0.1, 0.15) is 13.8 Å². The highest BCUT2D eigenvalue weighted by atomic mass is 32.2. The predicted molar refractivity (Wildman–Crippen MR) is 61.0 cm³/mol. The van der Waals surface area contributed by atoms with E-state index < -0.39 is 32.8 Å². The van der Waals surface area contributed by atoms with E-state index in [1.807, 2.05) is 0 Å². The molecule has 0 heterocycles. The molecule has 0 saturated heterocycles. The summed E-state index contributed by atoms with van der Waals surface area (Å²) in [5.74, 6) is -2.15. The number of carbonyl (C=O) groups is 2. The Bertz CT molecular complexity index is 382. The average Bonchev–Trinajstić information content (AvgIpc) is 2.23. The summed E-state index contributed by atoms with van der Waals surface area (Å²) in [4.78, 5) is 21.7. The number of esters is 2. The van der Waals surface area contributed by atoms with E-state index in [0.717, 1.165) is 6.08 Å². The van der Waals surface area contributed by atoms with E-state index >= 15 is 0 Å². The number of hydrogen-bond acceptors (Lipinski definition) is 6. The van der Waals surface area contributed by atoms with E-state index in [2.05, 4.69) is 16.1 Å². The van der Waals surface area contributed by atoms with Crippen LogP contribution in [0.25, 0.3) is 0 Å². The first-order chi connectivity index (χ1) is 7.79. The fraction of sp³-hybridized carbons (Fsp3) is 0.600. The third-order valence-corrected chi connectivity index (χ3v) is 3.87. The van der Waals surface area contributed by atoms with E-state index in [1.165, 1.54) is 13.8 Å². The van der Waals surface area contributed by atoms with Gasteiger partial charge in [0.1, 0.15) is 19.0 Å². The monoisotopic (exact) mass is 264 g/mol. The Balaban J connectivity index is 3.90. The molecule has 7 heteroatoms. The first kappa shape index (κ1) is 15.6. The van der Waals surface area contributed by atoms with Gasteiger partial charge in [-0.2, -0.15) is 0 Å². The molecule has 0 aliphatic heterocycles. The number of hydrogen-bond donors (Lipinski definition) is 0. The second-order valence-corrected chi connectivity index (χ2v) is 6.01. The van der Waals surface area contributed by atoms with Crippen molar-refractivity contribution >= 4 is 21.8 Å². The zero-order valence-corrected chi connectivity index (χ0v) is 10.7. The van der Waals surface area contributed by atoms with Crippen LogP contribution in [0.4, 0.5) is 0 Å². The molecule has 6 nitrogen and oxygen atoms in total. The van der Waals surface area contributed by atoms with Gasteiger partial charge in [0.15, 0.2) is 9.84 Å². The van der Waals surface area contributed by atoms with Crippen molar-refractivity contribution in [2.45, 2.75) is 19.1 Å². The first-order valence-corrected chi connectivity index (χ1v) is 6.67.